The van der Waals surface area contributed by atoms with Crippen molar-refractivity contribution in [2.75, 3.05) is 0 Å². The number of benzene rings is 1. The van der Waals surface area contributed by atoms with Crippen LogP contribution in [0.2, 0.25) is 4.34 Å². The number of nitrogens with zero attached hydrogens (tertiary/aromatic N) is 1. The van der Waals surface area contributed by atoms with Gasteiger partial charge in [0.15, 0.2) is 0 Å². The van der Waals surface area contributed by atoms with Crippen LogP contribution >= 0.6 is 22.9 Å². The van der Waals surface area contributed by atoms with E-state index in [1.165, 1.54) is 23.5 Å². The maximum Gasteiger partial charge on any atom is 0.387 e. The van der Waals surface area contributed by atoms with E-state index in [1.54, 1.807) is 25.1 Å². The monoisotopic (exact) mass is 400 g/mol. The van der Waals surface area contributed by atoms with Crippen LogP contribution in [-0.4, -0.2) is 24.3 Å². The summed E-state index contributed by atoms with van der Waals surface area (Å²) in [5.41, 5.74) is 1.31. The lowest BCUT2D eigenvalue weighted by Crippen LogP contribution is -2.36. The van der Waals surface area contributed by atoms with Crippen LogP contribution in [-0.2, 0) is 9.63 Å². The van der Waals surface area contributed by atoms with Gasteiger partial charge in [0.2, 0.25) is 6.10 Å². The van der Waals surface area contributed by atoms with Gasteiger partial charge < -0.3 is 14.9 Å². The number of hydrogen-bond donors (Lipinski definition) is 1. The van der Waals surface area contributed by atoms with Crippen molar-refractivity contribution in [1.29, 1.82) is 0 Å². The number of hydrogen-bond acceptors (Lipinski definition) is 5. The molecule has 1 amide bonds. The molecule has 0 fully saturated rings. The topological polar surface area (TPSA) is 59.9 Å². The maximum absolute atomic E-state index is 12.4. The zero-order chi connectivity index (χ0) is 18.7. The van der Waals surface area contributed by atoms with E-state index < -0.39 is 18.8 Å². The Bertz CT molecular complexity index is 828. The highest BCUT2D eigenvalue weighted by Crippen LogP contribution is 2.27. The molecule has 0 saturated heterocycles. The van der Waals surface area contributed by atoms with Gasteiger partial charge in [0.1, 0.15) is 11.5 Å². The van der Waals surface area contributed by atoms with Gasteiger partial charge in [-0.2, -0.15) is 8.78 Å². The van der Waals surface area contributed by atoms with E-state index >= 15 is 0 Å². The number of carbonyl (C=O) groups excluding carboxylic acids is 1. The number of rotatable bonds is 6. The third kappa shape index (κ3) is 4.50. The van der Waals surface area contributed by atoms with Gasteiger partial charge in [0.05, 0.1) is 15.3 Å². The number of thiophene rings is 1. The van der Waals surface area contributed by atoms with Gasteiger partial charge in [0, 0.05) is 6.42 Å². The third-order valence-electron chi connectivity index (χ3n) is 3.76. The fourth-order valence-corrected chi connectivity index (χ4v) is 3.52. The SMILES string of the molecule is C[C@H](NC(=O)[C@H]1CC(c2ccc(Cl)s2)=NO1)c1cccc(OC(F)F)c1. The van der Waals surface area contributed by atoms with E-state index in [1.807, 2.05) is 6.07 Å². The second-order valence-corrected chi connectivity index (χ2v) is 7.34. The molecule has 0 bridgehead atoms. The molecule has 1 aliphatic rings. The van der Waals surface area contributed by atoms with Crippen LogP contribution in [0.15, 0.2) is 41.6 Å². The summed E-state index contributed by atoms with van der Waals surface area (Å²) >= 11 is 7.27. The Morgan fingerprint density at radius 2 is 2.23 bits per heavy atom. The van der Waals surface area contributed by atoms with Crippen LogP contribution in [0.1, 0.15) is 29.8 Å². The van der Waals surface area contributed by atoms with Crippen LogP contribution in [0.25, 0.3) is 0 Å². The highest BCUT2D eigenvalue weighted by molar-refractivity contribution is 7.18. The van der Waals surface area contributed by atoms with Gasteiger partial charge in [0.25, 0.3) is 5.91 Å². The van der Waals surface area contributed by atoms with E-state index in [2.05, 4.69) is 15.2 Å². The lowest BCUT2D eigenvalue weighted by molar-refractivity contribution is -0.131. The zero-order valence-electron chi connectivity index (χ0n) is 13.6. The molecule has 2 heterocycles. The Kier molecular flexibility index (Phi) is 5.73. The smallest absolute Gasteiger partial charge is 0.387 e. The summed E-state index contributed by atoms with van der Waals surface area (Å²) in [7, 11) is 0. The normalized spacial score (nSPS) is 17.6. The predicted molar refractivity (Wildman–Crippen MR) is 95.0 cm³/mol. The van der Waals surface area contributed by atoms with Crippen LogP contribution in [0.5, 0.6) is 5.75 Å². The Hall–Kier alpha value is -2.19. The molecule has 0 saturated carbocycles. The second-order valence-electron chi connectivity index (χ2n) is 5.62. The van der Waals surface area contributed by atoms with Gasteiger partial charge in [-0.3, -0.25) is 4.79 Å². The summed E-state index contributed by atoms with van der Waals surface area (Å²) in [6, 6.07) is 9.37. The lowest BCUT2D eigenvalue weighted by atomic mass is 10.1. The van der Waals surface area contributed by atoms with Crippen molar-refractivity contribution in [3.8, 4) is 5.75 Å². The first-order chi connectivity index (χ1) is 12.4. The van der Waals surface area contributed by atoms with E-state index in [-0.39, 0.29) is 11.7 Å². The number of halogens is 3. The molecule has 0 unspecified atom stereocenters. The average molecular weight is 401 g/mol. The first-order valence-electron chi connectivity index (χ1n) is 7.76. The molecule has 0 aliphatic carbocycles. The van der Waals surface area contributed by atoms with Crippen molar-refractivity contribution in [1.82, 2.24) is 5.32 Å². The van der Waals surface area contributed by atoms with Crippen molar-refractivity contribution in [2.45, 2.75) is 32.1 Å². The fourth-order valence-electron chi connectivity index (χ4n) is 2.48. The van der Waals surface area contributed by atoms with Crippen LogP contribution < -0.4 is 10.1 Å². The van der Waals surface area contributed by atoms with E-state index in [9.17, 15) is 13.6 Å². The zero-order valence-corrected chi connectivity index (χ0v) is 15.2. The molecule has 1 aromatic carbocycles. The number of carbonyl (C=O) groups is 1. The molecule has 2 aromatic rings. The van der Waals surface area contributed by atoms with Crippen LogP contribution in [0, 0.1) is 0 Å². The van der Waals surface area contributed by atoms with Crippen LogP contribution in [0.3, 0.4) is 0 Å². The summed E-state index contributed by atoms with van der Waals surface area (Å²) < 4.78 is 29.6. The molecule has 0 spiro atoms. The summed E-state index contributed by atoms with van der Waals surface area (Å²) in [6.45, 7) is -1.15. The number of alkyl halides is 2. The number of ether oxygens (including phenoxy) is 1. The quantitative estimate of drug-likeness (QED) is 0.783. The summed E-state index contributed by atoms with van der Waals surface area (Å²) in [6.07, 6.45) is -0.405. The Balaban J connectivity index is 1.58. The average Bonchev–Trinajstić information content (AvgIpc) is 3.23. The number of nitrogens with one attached hydrogen (secondary N) is 1. The van der Waals surface area contributed by atoms with Crippen molar-refractivity contribution < 1.29 is 23.1 Å². The van der Waals surface area contributed by atoms with Crippen molar-refractivity contribution in [3.63, 3.8) is 0 Å². The molecule has 5 nitrogen and oxygen atoms in total. The van der Waals surface area contributed by atoms with Gasteiger partial charge in [-0.1, -0.05) is 28.9 Å². The minimum atomic E-state index is -2.90. The van der Waals surface area contributed by atoms with E-state index in [0.29, 0.717) is 22.0 Å². The molecule has 26 heavy (non-hydrogen) atoms. The molecular weight excluding hydrogens is 386 g/mol. The van der Waals surface area contributed by atoms with E-state index in [0.717, 1.165) is 4.88 Å². The number of oxime groups is 1. The Labute approximate surface area is 157 Å². The van der Waals surface area contributed by atoms with Gasteiger partial charge >= 0.3 is 6.61 Å². The molecule has 9 heteroatoms. The molecule has 2 atom stereocenters. The molecule has 3 rings (SSSR count). The summed E-state index contributed by atoms with van der Waals surface area (Å²) in [5, 5.41) is 6.75. The van der Waals surface area contributed by atoms with Crippen molar-refractivity contribution >= 4 is 34.6 Å². The molecule has 0 radical (unpaired) electrons. The van der Waals surface area contributed by atoms with Crippen molar-refractivity contribution in [3.05, 3.63) is 51.2 Å². The van der Waals surface area contributed by atoms with Gasteiger partial charge in [-0.05, 0) is 36.8 Å². The largest absolute Gasteiger partial charge is 0.435 e. The molecule has 1 N–H and O–H groups in total. The molecule has 1 aliphatic heterocycles. The summed E-state index contributed by atoms with van der Waals surface area (Å²) in [4.78, 5) is 18.5. The minimum absolute atomic E-state index is 0.0379. The molecule has 1 aromatic heterocycles. The standard InChI is InChI=1S/C17H15ClF2N2O3S/c1-9(10-3-2-4-11(7-10)24-17(19)20)21-16(23)13-8-12(22-25-13)14-5-6-15(18)26-14/h2-7,9,13,17H,8H2,1H3,(H,21,23)/t9-,13+/m0/s1. The van der Waals surface area contributed by atoms with Crippen LogP contribution in [0.4, 0.5) is 8.78 Å². The van der Waals surface area contributed by atoms with Crippen molar-refractivity contribution in [2.24, 2.45) is 5.16 Å². The highest BCUT2D eigenvalue weighted by atomic mass is 35.5. The Morgan fingerprint density at radius 3 is 2.92 bits per heavy atom. The van der Waals surface area contributed by atoms with E-state index in [4.69, 9.17) is 16.4 Å². The van der Waals surface area contributed by atoms with Gasteiger partial charge in [-0.25, -0.2) is 0 Å². The predicted octanol–water partition coefficient (Wildman–Crippen LogP) is 4.37. The first-order valence-corrected chi connectivity index (χ1v) is 8.95. The Morgan fingerprint density at radius 1 is 1.42 bits per heavy atom. The fraction of sp³-hybridized carbons (Fsp3) is 0.294. The lowest BCUT2D eigenvalue weighted by Gasteiger charge is -2.17. The first kappa shape index (κ1) is 18.6. The summed E-state index contributed by atoms with van der Waals surface area (Å²) in [5.74, 6) is -0.296. The minimum Gasteiger partial charge on any atom is -0.435 e. The number of amides is 1. The second kappa shape index (κ2) is 8.01. The molecule has 138 valence electrons. The third-order valence-corrected chi connectivity index (χ3v) is 5.04. The highest BCUT2D eigenvalue weighted by Gasteiger charge is 2.30. The maximum atomic E-state index is 12.4. The molecular formula is C17H15ClF2N2O3S. The van der Waals surface area contributed by atoms with Gasteiger partial charge in [-0.15, -0.1) is 11.3 Å².